The number of anilines is 1. The second-order valence-corrected chi connectivity index (χ2v) is 9.91. The zero-order valence-corrected chi connectivity index (χ0v) is 19.9. The van der Waals surface area contributed by atoms with Crippen molar-refractivity contribution in [2.24, 2.45) is 0 Å². The molecule has 0 atom stereocenters. The molecule has 0 bridgehead atoms. The smallest absolute Gasteiger partial charge is 0.251 e. The van der Waals surface area contributed by atoms with E-state index in [1.807, 2.05) is 0 Å². The maximum atomic E-state index is 12.4. The lowest BCUT2D eigenvalue weighted by Gasteiger charge is -2.23. The van der Waals surface area contributed by atoms with Crippen LogP contribution in [0.1, 0.15) is 15.9 Å². The maximum absolute atomic E-state index is 12.4. The van der Waals surface area contributed by atoms with Crippen LogP contribution in [-0.4, -0.2) is 40.5 Å². The van der Waals surface area contributed by atoms with Crippen LogP contribution in [0.4, 0.5) is 5.69 Å². The zero-order chi connectivity index (χ0) is 24.1. The standard InChI is InChI=1S/C24H23ClN2O6S/c1-34(29,30)27(20-8-11-22-23(14-20)33-16-32-22)15-17-2-4-18(5-3-17)24(28)26-12-13-31-21-9-6-19(25)7-10-21/h2-11,14H,12-13,15-16H2,1H3,(H,26,28). The average Bonchev–Trinajstić information content (AvgIpc) is 3.29. The molecule has 3 aromatic carbocycles. The summed E-state index contributed by atoms with van der Waals surface area (Å²) in [4.78, 5) is 12.4. The number of hydrogen-bond donors (Lipinski definition) is 1. The number of rotatable bonds is 9. The molecule has 1 amide bonds. The van der Waals surface area contributed by atoms with Crippen molar-refractivity contribution in [3.63, 3.8) is 0 Å². The molecular weight excluding hydrogens is 480 g/mol. The molecular formula is C24H23ClN2O6S. The Morgan fingerprint density at radius 1 is 1.03 bits per heavy atom. The maximum Gasteiger partial charge on any atom is 0.251 e. The SMILES string of the molecule is CS(=O)(=O)N(Cc1ccc(C(=O)NCCOc2ccc(Cl)cc2)cc1)c1ccc2c(c1)OCO2. The minimum absolute atomic E-state index is 0.106. The molecule has 34 heavy (non-hydrogen) atoms. The Bertz CT molecular complexity index is 1260. The lowest BCUT2D eigenvalue weighted by molar-refractivity contribution is 0.0947. The molecule has 0 unspecified atom stereocenters. The fraction of sp³-hybridized carbons (Fsp3) is 0.208. The number of fused-ring (bicyclic) bond motifs is 1. The van der Waals surface area contributed by atoms with E-state index < -0.39 is 10.0 Å². The fourth-order valence-corrected chi connectivity index (χ4v) is 4.34. The van der Waals surface area contributed by atoms with Gasteiger partial charge in [-0.05, 0) is 54.1 Å². The van der Waals surface area contributed by atoms with Gasteiger partial charge in [0.15, 0.2) is 11.5 Å². The van der Waals surface area contributed by atoms with Crippen molar-refractivity contribution >= 4 is 33.2 Å². The molecule has 0 aromatic heterocycles. The number of sulfonamides is 1. The summed E-state index contributed by atoms with van der Waals surface area (Å²) in [5.41, 5.74) is 1.66. The minimum atomic E-state index is -3.56. The number of carbonyl (C=O) groups excluding carboxylic acids is 1. The molecule has 1 heterocycles. The van der Waals surface area contributed by atoms with E-state index >= 15 is 0 Å². The Balaban J connectivity index is 1.35. The summed E-state index contributed by atoms with van der Waals surface area (Å²) in [6.07, 6.45) is 1.14. The second-order valence-electron chi connectivity index (χ2n) is 7.56. The molecule has 0 saturated carbocycles. The van der Waals surface area contributed by atoms with Gasteiger partial charge in [-0.25, -0.2) is 8.42 Å². The van der Waals surface area contributed by atoms with Crippen LogP contribution in [0.15, 0.2) is 66.7 Å². The number of nitrogens with one attached hydrogen (secondary N) is 1. The number of ether oxygens (including phenoxy) is 3. The normalized spacial score (nSPS) is 12.3. The van der Waals surface area contributed by atoms with Gasteiger partial charge in [-0.15, -0.1) is 0 Å². The van der Waals surface area contributed by atoms with Crippen molar-refractivity contribution in [2.75, 3.05) is 30.5 Å². The largest absolute Gasteiger partial charge is 0.492 e. The van der Waals surface area contributed by atoms with Crippen molar-refractivity contribution in [2.45, 2.75) is 6.54 Å². The number of halogens is 1. The molecule has 0 fully saturated rings. The van der Waals surface area contributed by atoms with Gasteiger partial charge in [0.2, 0.25) is 16.8 Å². The Morgan fingerprint density at radius 2 is 1.74 bits per heavy atom. The fourth-order valence-electron chi connectivity index (χ4n) is 3.33. The number of benzene rings is 3. The van der Waals surface area contributed by atoms with E-state index in [2.05, 4.69) is 5.32 Å². The molecule has 1 N–H and O–H groups in total. The highest BCUT2D eigenvalue weighted by Crippen LogP contribution is 2.36. The molecule has 0 saturated heterocycles. The van der Waals surface area contributed by atoms with Gasteiger partial charge in [0.1, 0.15) is 12.4 Å². The highest BCUT2D eigenvalue weighted by molar-refractivity contribution is 7.92. The summed E-state index contributed by atoms with van der Waals surface area (Å²) in [6, 6.07) is 18.7. The monoisotopic (exact) mass is 502 g/mol. The first kappa shape index (κ1) is 23.7. The van der Waals surface area contributed by atoms with Gasteiger partial charge in [-0.3, -0.25) is 9.10 Å². The molecule has 0 radical (unpaired) electrons. The number of amides is 1. The van der Waals surface area contributed by atoms with Crippen molar-refractivity contribution in [3.8, 4) is 17.2 Å². The van der Waals surface area contributed by atoms with Gasteiger partial charge in [0, 0.05) is 16.7 Å². The highest BCUT2D eigenvalue weighted by atomic mass is 35.5. The third-order valence-corrected chi connectivity index (χ3v) is 6.45. The van der Waals surface area contributed by atoms with Crippen LogP contribution >= 0.6 is 11.6 Å². The number of carbonyl (C=O) groups is 1. The molecule has 4 rings (SSSR count). The van der Waals surface area contributed by atoms with Crippen LogP contribution in [0.25, 0.3) is 0 Å². The van der Waals surface area contributed by atoms with Crippen molar-refractivity contribution in [3.05, 3.63) is 82.9 Å². The summed E-state index contributed by atoms with van der Waals surface area (Å²) in [6.45, 7) is 0.850. The zero-order valence-electron chi connectivity index (χ0n) is 18.4. The summed E-state index contributed by atoms with van der Waals surface area (Å²) in [5, 5.41) is 3.42. The van der Waals surface area contributed by atoms with Crippen LogP contribution in [0.3, 0.4) is 0 Å². The minimum Gasteiger partial charge on any atom is -0.492 e. The van der Waals surface area contributed by atoms with Gasteiger partial charge in [-0.1, -0.05) is 23.7 Å². The molecule has 0 aliphatic carbocycles. The van der Waals surface area contributed by atoms with Crippen molar-refractivity contribution < 1.29 is 27.4 Å². The van der Waals surface area contributed by atoms with E-state index in [0.717, 1.165) is 11.8 Å². The first-order valence-corrected chi connectivity index (χ1v) is 12.6. The van der Waals surface area contributed by atoms with Gasteiger partial charge in [0.25, 0.3) is 5.91 Å². The Labute approximate surface area is 203 Å². The molecule has 178 valence electrons. The summed E-state index contributed by atoms with van der Waals surface area (Å²) in [7, 11) is -3.56. The molecule has 10 heteroatoms. The van der Waals surface area contributed by atoms with Gasteiger partial charge < -0.3 is 19.5 Å². The third kappa shape index (κ3) is 5.92. The highest BCUT2D eigenvalue weighted by Gasteiger charge is 2.22. The summed E-state index contributed by atoms with van der Waals surface area (Å²) in [5.74, 6) is 1.49. The quantitative estimate of drug-likeness (QED) is 0.447. The van der Waals surface area contributed by atoms with E-state index in [-0.39, 0.29) is 19.2 Å². The number of nitrogens with zero attached hydrogens (tertiary/aromatic N) is 1. The van der Waals surface area contributed by atoms with E-state index in [0.29, 0.717) is 46.7 Å². The second kappa shape index (κ2) is 10.2. The first-order chi connectivity index (χ1) is 16.3. The van der Waals surface area contributed by atoms with Gasteiger partial charge in [0.05, 0.1) is 25.0 Å². The van der Waals surface area contributed by atoms with E-state index in [1.165, 1.54) is 4.31 Å². The molecule has 8 nitrogen and oxygen atoms in total. The lowest BCUT2D eigenvalue weighted by atomic mass is 10.1. The average molecular weight is 503 g/mol. The molecule has 1 aliphatic heterocycles. The van der Waals surface area contributed by atoms with Gasteiger partial charge in [-0.2, -0.15) is 0 Å². The van der Waals surface area contributed by atoms with E-state index in [9.17, 15) is 13.2 Å². The summed E-state index contributed by atoms with van der Waals surface area (Å²) >= 11 is 5.84. The Hall–Kier alpha value is -3.43. The van der Waals surface area contributed by atoms with Crippen LogP contribution in [0, 0.1) is 0 Å². The van der Waals surface area contributed by atoms with E-state index in [4.69, 9.17) is 25.8 Å². The van der Waals surface area contributed by atoms with E-state index in [1.54, 1.807) is 66.7 Å². The summed E-state index contributed by atoms with van der Waals surface area (Å²) < 4.78 is 42.4. The lowest BCUT2D eigenvalue weighted by Crippen LogP contribution is -2.29. The topological polar surface area (TPSA) is 94.2 Å². The Kier molecular flexibility index (Phi) is 7.14. The molecule has 1 aliphatic rings. The number of hydrogen-bond acceptors (Lipinski definition) is 6. The first-order valence-electron chi connectivity index (χ1n) is 10.4. The van der Waals surface area contributed by atoms with Gasteiger partial charge >= 0.3 is 0 Å². The molecule has 0 spiro atoms. The Morgan fingerprint density at radius 3 is 2.44 bits per heavy atom. The predicted octanol–water partition coefficient (Wildman–Crippen LogP) is 3.84. The van der Waals surface area contributed by atoms with Crippen LogP contribution in [0.5, 0.6) is 17.2 Å². The van der Waals surface area contributed by atoms with Crippen molar-refractivity contribution in [1.82, 2.24) is 5.32 Å². The van der Waals surface area contributed by atoms with Crippen molar-refractivity contribution in [1.29, 1.82) is 0 Å². The molecule has 3 aromatic rings. The third-order valence-electron chi connectivity index (χ3n) is 5.06. The van der Waals surface area contributed by atoms with Crippen LogP contribution < -0.4 is 23.8 Å². The predicted molar refractivity (Wildman–Crippen MR) is 129 cm³/mol. The van der Waals surface area contributed by atoms with Crippen LogP contribution in [-0.2, 0) is 16.6 Å². The van der Waals surface area contributed by atoms with Crippen LogP contribution in [0.2, 0.25) is 5.02 Å².